The molecule has 0 aromatic carbocycles. The van der Waals surface area contributed by atoms with E-state index in [9.17, 15) is 4.79 Å². The molecule has 0 spiro atoms. The van der Waals surface area contributed by atoms with Crippen LogP contribution < -0.4 is 5.56 Å². The highest BCUT2D eigenvalue weighted by Crippen LogP contribution is 2.21. The van der Waals surface area contributed by atoms with Crippen molar-refractivity contribution in [2.45, 2.75) is 32.9 Å². The molecule has 0 amide bonds. The van der Waals surface area contributed by atoms with Gasteiger partial charge in [0.25, 0.3) is 5.56 Å². The summed E-state index contributed by atoms with van der Waals surface area (Å²) in [5.41, 5.74) is 2.53. The van der Waals surface area contributed by atoms with E-state index in [0.717, 1.165) is 56.0 Å². The quantitative estimate of drug-likeness (QED) is 0.691. The second kappa shape index (κ2) is 7.84. The summed E-state index contributed by atoms with van der Waals surface area (Å²) < 4.78 is 7.00. The standard InChI is InChI=1S/C20H23N5O2/c1-15-19(23-14-27-15)12-24-7-4-16(5-8-24)11-25-13-22-18(9-20(25)26)17-3-2-6-21-10-17/h2-3,6,9-10,13-14,16H,4-5,7-8,11-12H2,1H3. The molecule has 0 atom stereocenters. The number of hydrogen-bond donors (Lipinski definition) is 0. The van der Waals surface area contributed by atoms with Crippen LogP contribution in [-0.2, 0) is 13.1 Å². The summed E-state index contributed by atoms with van der Waals surface area (Å²) in [5, 5.41) is 0. The predicted molar refractivity (Wildman–Crippen MR) is 101 cm³/mol. The first-order valence-corrected chi connectivity index (χ1v) is 9.27. The minimum atomic E-state index is -0.00972. The maximum atomic E-state index is 12.5. The smallest absolute Gasteiger partial charge is 0.253 e. The number of likely N-dealkylation sites (tertiary alicyclic amines) is 1. The zero-order chi connectivity index (χ0) is 18.6. The summed E-state index contributed by atoms with van der Waals surface area (Å²) in [6.07, 6.45) is 8.72. The van der Waals surface area contributed by atoms with Crippen LogP contribution in [0, 0.1) is 12.8 Å². The molecule has 0 saturated carbocycles. The van der Waals surface area contributed by atoms with Gasteiger partial charge in [0, 0.05) is 37.1 Å². The average Bonchev–Trinajstić information content (AvgIpc) is 3.10. The largest absolute Gasteiger partial charge is 0.448 e. The maximum Gasteiger partial charge on any atom is 0.253 e. The Balaban J connectivity index is 1.35. The van der Waals surface area contributed by atoms with Gasteiger partial charge in [-0.05, 0) is 50.9 Å². The summed E-state index contributed by atoms with van der Waals surface area (Å²) in [6.45, 7) is 5.51. The van der Waals surface area contributed by atoms with Crippen LogP contribution in [0.3, 0.4) is 0 Å². The lowest BCUT2D eigenvalue weighted by Gasteiger charge is -2.31. The summed E-state index contributed by atoms with van der Waals surface area (Å²) in [5.74, 6) is 1.38. The van der Waals surface area contributed by atoms with Gasteiger partial charge in [-0.3, -0.25) is 19.2 Å². The Labute approximate surface area is 157 Å². The molecular formula is C20H23N5O2. The van der Waals surface area contributed by atoms with Gasteiger partial charge in [-0.25, -0.2) is 9.97 Å². The zero-order valence-corrected chi connectivity index (χ0v) is 15.4. The Morgan fingerprint density at radius 1 is 1.26 bits per heavy atom. The van der Waals surface area contributed by atoms with Gasteiger partial charge in [-0.1, -0.05) is 0 Å². The van der Waals surface area contributed by atoms with Crippen LogP contribution >= 0.6 is 0 Å². The molecule has 1 fully saturated rings. The second-order valence-electron chi connectivity index (χ2n) is 7.08. The van der Waals surface area contributed by atoms with Crippen LogP contribution in [-0.4, -0.2) is 37.5 Å². The number of oxazole rings is 1. The lowest BCUT2D eigenvalue weighted by atomic mass is 9.96. The monoisotopic (exact) mass is 365 g/mol. The van der Waals surface area contributed by atoms with Crippen LogP contribution in [0.25, 0.3) is 11.3 Å². The second-order valence-corrected chi connectivity index (χ2v) is 7.08. The van der Waals surface area contributed by atoms with Gasteiger partial charge in [0.05, 0.1) is 17.7 Å². The van der Waals surface area contributed by atoms with E-state index >= 15 is 0 Å². The third kappa shape index (κ3) is 4.14. The molecule has 3 aromatic rings. The Morgan fingerprint density at radius 3 is 2.78 bits per heavy atom. The molecule has 0 bridgehead atoms. The molecule has 0 unspecified atom stereocenters. The van der Waals surface area contributed by atoms with Crippen LogP contribution in [0.2, 0.25) is 0 Å². The van der Waals surface area contributed by atoms with Gasteiger partial charge in [-0.2, -0.15) is 0 Å². The van der Waals surface area contributed by atoms with Crippen molar-refractivity contribution in [1.29, 1.82) is 0 Å². The van der Waals surface area contributed by atoms with E-state index in [4.69, 9.17) is 4.42 Å². The van der Waals surface area contributed by atoms with E-state index in [0.29, 0.717) is 11.6 Å². The van der Waals surface area contributed by atoms with E-state index in [-0.39, 0.29) is 5.56 Å². The molecule has 27 heavy (non-hydrogen) atoms. The number of hydrogen-bond acceptors (Lipinski definition) is 6. The van der Waals surface area contributed by atoms with Crippen molar-refractivity contribution in [1.82, 2.24) is 24.4 Å². The number of nitrogens with zero attached hydrogens (tertiary/aromatic N) is 5. The minimum Gasteiger partial charge on any atom is -0.448 e. The van der Waals surface area contributed by atoms with E-state index < -0.39 is 0 Å². The van der Waals surface area contributed by atoms with Gasteiger partial charge in [0.15, 0.2) is 6.39 Å². The Hall–Kier alpha value is -2.80. The van der Waals surface area contributed by atoms with E-state index in [2.05, 4.69) is 19.9 Å². The molecule has 0 aliphatic carbocycles. The Morgan fingerprint density at radius 2 is 2.11 bits per heavy atom. The van der Waals surface area contributed by atoms with Crippen molar-refractivity contribution < 1.29 is 4.42 Å². The van der Waals surface area contributed by atoms with Gasteiger partial charge in [0.1, 0.15) is 5.76 Å². The van der Waals surface area contributed by atoms with Crippen molar-refractivity contribution in [3.05, 3.63) is 65.1 Å². The van der Waals surface area contributed by atoms with Crippen LogP contribution in [0.15, 0.2) is 52.5 Å². The molecule has 0 N–H and O–H groups in total. The first-order chi connectivity index (χ1) is 13.2. The summed E-state index contributed by atoms with van der Waals surface area (Å²) in [4.78, 5) is 27.7. The molecule has 1 saturated heterocycles. The molecule has 7 nitrogen and oxygen atoms in total. The minimum absolute atomic E-state index is 0.00972. The maximum absolute atomic E-state index is 12.5. The Kier molecular flexibility index (Phi) is 5.11. The highest BCUT2D eigenvalue weighted by Gasteiger charge is 2.21. The highest BCUT2D eigenvalue weighted by molar-refractivity contribution is 5.56. The van der Waals surface area contributed by atoms with Crippen LogP contribution in [0.1, 0.15) is 24.3 Å². The van der Waals surface area contributed by atoms with Crippen molar-refractivity contribution in [3.63, 3.8) is 0 Å². The third-order valence-electron chi connectivity index (χ3n) is 5.22. The highest BCUT2D eigenvalue weighted by atomic mass is 16.3. The molecule has 0 radical (unpaired) electrons. The lowest BCUT2D eigenvalue weighted by Crippen LogP contribution is -2.36. The molecule has 4 rings (SSSR count). The predicted octanol–water partition coefficient (Wildman–Crippen LogP) is 2.51. The van der Waals surface area contributed by atoms with Gasteiger partial charge >= 0.3 is 0 Å². The average molecular weight is 365 g/mol. The number of aromatic nitrogens is 4. The van der Waals surface area contributed by atoms with E-state index in [1.165, 1.54) is 6.39 Å². The topological polar surface area (TPSA) is 77.1 Å². The molecule has 4 heterocycles. The third-order valence-corrected chi connectivity index (χ3v) is 5.22. The van der Waals surface area contributed by atoms with Crippen LogP contribution in [0.4, 0.5) is 0 Å². The first kappa shape index (κ1) is 17.6. The molecule has 3 aromatic heterocycles. The fourth-order valence-electron chi connectivity index (χ4n) is 3.53. The zero-order valence-electron chi connectivity index (χ0n) is 15.4. The fraction of sp³-hybridized carbons (Fsp3) is 0.400. The molecule has 1 aliphatic rings. The van der Waals surface area contributed by atoms with Crippen molar-refractivity contribution in [3.8, 4) is 11.3 Å². The molecular weight excluding hydrogens is 342 g/mol. The van der Waals surface area contributed by atoms with E-state index in [1.54, 1.807) is 29.4 Å². The first-order valence-electron chi connectivity index (χ1n) is 9.27. The SMILES string of the molecule is Cc1ocnc1CN1CCC(Cn2cnc(-c3cccnc3)cc2=O)CC1. The summed E-state index contributed by atoms with van der Waals surface area (Å²) >= 11 is 0. The van der Waals surface area contributed by atoms with Gasteiger partial charge in [0.2, 0.25) is 0 Å². The van der Waals surface area contributed by atoms with Crippen LogP contribution in [0.5, 0.6) is 0 Å². The summed E-state index contributed by atoms with van der Waals surface area (Å²) in [7, 11) is 0. The number of piperidine rings is 1. The molecule has 140 valence electrons. The van der Waals surface area contributed by atoms with Gasteiger partial charge in [-0.15, -0.1) is 0 Å². The molecule has 1 aliphatic heterocycles. The van der Waals surface area contributed by atoms with E-state index in [1.807, 2.05) is 19.1 Å². The molecule has 7 heteroatoms. The van der Waals surface area contributed by atoms with Gasteiger partial charge < -0.3 is 4.42 Å². The fourth-order valence-corrected chi connectivity index (χ4v) is 3.53. The van der Waals surface area contributed by atoms with Crippen molar-refractivity contribution in [2.24, 2.45) is 5.92 Å². The number of rotatable bonds is 5. The van der Waals surface area contributed by atoms with Crippen molar-refractivity contribution in [2.75, 3.05) is 13.1 Å². The number of pyridine rings is 1. The normalized spacial score (nSPS) is 15.9. The Bertz CT molecular complexity index is 942. The number of aryl methyl sites for hydroxylation is 1. The lowest BCUT2D eigenvalue weighted by molar-refractivity contribution is 0.164. The summed E-state index contributed by atoms with van der Waals surface area (Å²) in [6, 6.07) is 5.35. The van der Waals surface area contributed by atoms with Crippen molar-refractivity contribution >= 4 is 0 Å².